The molecule has 8 nitrogen and oxygen atoms in total. The number of fused-ring (bicyclic) bond motifs is 2. The van der Waals surface area contributed by atoms with Crippen LogP contribution in [0.3, 0.4) is 0 Å². The molecule has 0 radical (unpaired) electrons. The Morgan fingerprint density at radius 2 is 1.71 bits per heavy atom. The third kappa shape index (κ3) is 2.89. The fourth-order valence-electron chi connectivity index (χ4n) is 3.74. The molecule has 3 N–H and O–H groups in total. The van der Waals surface area contributed by atoms with Gasteiger partial charge in [-0.25, -0.2) is 4.98 Å². The zero-order valence-corrected chi connectivity index (χ0v) is 16.1. The smallest absolute Gasteiger partial charge is 0.155 e. The van der Waals surface area contributed by atoms with Crippen molar-refractivity contribution >= 4 is 21.9 Å². The van der Waals surface area contributed by atoms with Crippen LogP contribution < -0.4 is 0 Å². The molecule has 0 saturated heterocycles. The lowest BCUT2D eigenvalue weighted by Crippen LogP contribution is -1.86. The van der Waals surface area contributed by atoms with E-state index in [0.717, 1.165) is 50.2 Å². The van der Waals surface area contributed by atoms with Crippen molar-refractivity contribution in [1.82, 2.24) is 35.1 Å². The van der Waals surface area contributed by atoms with E-state index in [9.17, 15) is 5.11 Å². The summed E-state index contributed by atoms with van der Waals surface area (Å²) in [6, 6.07) is 13.4. The van der Waals surface area contributed by atoms with Crippen molar-refractivity contribution < 1.29 is 5.11 Å². The molecule has 0 aromatic carbocycles. The third-order valence-corrected chi connectivity index (χ3v) is 5.18. The summed E-state index contributed by atoms with van der Waals surface area (Å²) in [4.78, 5) is 21.0. The monoisotopic (exact) mass is 405 g/mol. The van der Waals surface area contributed by atoms with Crippen molar-refractivity contribution in [3.8, 4) is 39.7 Å². The SMILES string of the molecule is Oc1cncc(-c2cnc3[nH]nc(-c4cc5c(-c6ccccn6)nccc5[nH]4)c3c2)c1. The molecule has 0 aliphatic rings. The molecule has 148 valence electrons. The Bertz CT molecular complexity index is 1550. The molecule has 0 unspecified atom stereocenters. The fraction of sp³-hybridized carbons (Fsp3) is 0. The van der Waals surface area contributed by atoms with Crippen LogP contribution in [-0.4, -0.2) is 40.2 Å². The van der Waals surface area contributed by atoms with Crippen LogP contribution in [0.5, 0.6) is 5.75 Å². The molecule has 0 aliphatic carbocycles. The normalized spacial score (nSPS) is 11.4. The minimum atomic E-state index is 0.107. The molecule has 6 aromatic rings. The largest absolute Gasteiger partial charge is 0.506 e. The van der Waals surface area contributed by atoms with Gasteiger partial charge in [-0.2, -0.15) is 5.10 Å². The van der Waals surface area contributed by atoms with Crippen LogP contribution in [-0.2, 0) is 0 Å². The second-order valence-corrected chi connectivity index (χ2v) is 7.14. The summed E-state index contributed by atoms with van der Waals surface area (Å²) < 4.78 is 0. The minimum absolute atomic E-state index is 0.107. The van der Waals surface area contributed by atoms with E-state index in [1.165, 1.54) is 6.20 Å². The van der Waals surface area contributed by atoms with Crippen molar-refractivity contribution in [3.05, 3.63) is 73.4 Å². The zero-order valence-electron chi connectivity index (χ0n) is 16.1. The quantitative estimate of drug-likeness (QED) is 0.403. The Hall–Kier alpha value is -4.59. The van der Waals surface area contributed by atoms with Gasteiger partial charge < -0.3 is 10.1 Å². The fourth-order valence-corrected chi connectivity index (χ4v) is 3.74. The van der Waals surface area contributed by atoms with Crippen molar-refractivity contribution in [3.63, 3.8) is 0 Å². The third-order valence-electron chi connectivity index (χ3n) is 5.18. The first-order valence-electron chi connectivity index (χ1n) is 9.64. The summed E-state index contributed by atoms with van der Waals surface area (Å²) in [5, 5.41) is 19.1. The number of nitrogens with zero attached hydrogens (tertiary/aromatic N) is 5. The second kappa shape index (κ2) is 6.74. The van der Waals surface area contributed by atoms with E-state index in [1.807, 2.05) is 36.4 Å². The van der Waals surface area contributed by atoms with Crippen LogP contribution in [0.2, 0.25) is 0 Å². The number of H-pyrrole nitrogens is 2. The first-order chi connectivity index (χ1) is 15.3. The maximum Gasteiger partial charge on any atom is 0.155 e. The van der Waals surface area contributed by atoms with E-state index < -0.39 is 0 Å². The zero-order chi connectivity index (χ0) is 20.8. The van der Waals surface area contributed by atoms with Crippen molar-refractivity contribution in [2.75, 3.05) is 0 Å². The van der Waals surface area contributed by atoms with Crippen LogP contribution in [0.25, 0.3) is 55.8 Å². The number of hydrogen-bond acceptors (Lipinski definition) is 6. The van der Waals surface area contributed by atoms with Gasteiger partial charge in [0.2, 0.25) is 0 Å². The van der Waals surface area contributed by atoms with E-state index in [1.54, 1.807) is 30.9 Å². The highest BCUT2D eigenvalue weighted by Gasteiger charge is 2.16. The van der Waals surface area contributed by atoms with Crippen LogP contribution >= 0.6 is 0 Å². The van der Waals surface area contributed by atoms with Gasteiger partial charge in [-0.15, -0.1) is 0 Å². The molecular formula is C23H15N7O. The maximum absolute atomic E-state index is 9.76. The lowest BCUT2D eigenvalue weighted by Gasteiger charge is -2.02. The minimum Gasteiger partial charge on any atom is -0.506 e. The Kier molecular flexibility index (Phi) is 3.76. The molecular weight excluding hydrogens is 390 g/mol. The van der Waals surface area contributed by atoms with Crippen molar-refractivity contribution in [1.29, 1.82) is 0 Å². The van der Waals surface area contributed by atoms with Gasteiger partial charge in [0.15, 0.2) is 5.65 Å². The summed E-state index contributed by atoms with van der Waals surface area (Å²) >= 11 is 0. The number of pyridine rings is 4. The van der Waals surface area contributed by atoms with Crippen molar-refractivity contribution in [2.45, 2.75) is 0 Å². The molecule has 0 saturated carbocycles. The molecule has 0 atom stereocenters. The number of hydrogen-bond donors (Lipinski definition) is 3. The number of aromatic nitrogens is 7. The summed E-state index contributed by atoms with van der Waals surface area (Å²) in [6.45, 7) is 0. The van der Waals surface area contributed by atoms with Gasteiger partial charge in [-0.1, -0.05) is 6.07 Å². The van der Waals surface area contributed by atoms with Gasteiger partial charge >= 0.3 is 0 Å². The van der Waals surface area contributed by atoms with E-state index in [-0.39, 0.29) is 5.75 Å². The molecule has 6 heterocycles. The number of aromatic amines is 2. The first-order valence-corrected chi connectivity index (χ1v) is 9.64. The van der Waals surface area contributed by atoms with E-state index in [4.69, 9.17) is 0 Å². The van der Waals surface area contributed by atoms with Gasteiger partial charge in [-0.3, -0.25) is 20.1 Å². The van der Waals surface area contributed by atoms with E-state index >= 15 is 0 Å². The Labute approximate surface area is 175 Å². The lowest BCUT2D eigenvalue weighted by atomic mass is 10.1. The highest BCUT2D eigenvalue weighted by molar-refractivity contribution is 5.99. The van der Waals surface area contributed by atoms with E-state index in [0.29, 0.717) is 5.65 Å². The van der Waals surface area contributed by atoms with Crippen LogP contribution in [0.15, 0.2) is 73.4 Å². The van der Waals surface area contributed by atoms with Gasteiger partial charge in [0.05, 0.1) is 23.3 Å². The summed E-state index contributed by atoms with van der Waals surface area (Å²) in [5.41, 5.74) is 6.46. The van der Waals surface area contributed by atoms with Gasteiger partial charge in [0.1, 0.15) is 11.4 Å². The van der Waals surface area contributed by atoms with Gasteiger partial charge in [-0.05, 0) is 36.4 Å². The number of rotatable bonds is 3. The molecule has 0 aliphatic heterocycles. The predicted molar refractivity (Wildman–Crippen MR) is 117 cm³/mol. The Morgan fingerprint density at radius 3 is 2.58 bits per heavy atom. The predicted octanol–water partition coefficient (Wildman–Crippen LogP) is 4.33. The number of nitrogens with one attached hydrogen (secondary N) is 2. The van der Waals surface area contributed by atoms with Gasteiger partial charge in [0.25, 0.3) is 0 Å². The average Bonchev–Trinajstić information content (AvgIpc) is 3.43. The molecule has 0 amide bonds. The standard InChI is InChI=1S/C23H15N7O/c31-15-7-13(10-24-12-15)14-8-17-22(29-30-23(17)27-11-14)20-9-16-18(28-20)4-6-26-21(16)19-3-1-2-5-25-19/h1-12,28,31H,(H,27,29,30). The summed E-state index contributed by atoms with van der Waals surface area (Å²) in [7, 11) is 0. The molecule has 31 heavy (non-hydrogen) atoms. The van der Waals surface area contributed by atoms with Crippen LogP contribution in [0.1, 0.15) is 0 Å². The molecule has 6 rings (SSSR count). The van der Waals surface area contributed by atoms with Crippen molar-refractivity contribution in [2.24, 2.45) is 0 Å². The van der Waals surface area contributed by atoms with Crippen LogP contribution in [0, 0.1) is 0 Å². The second-order valence-electron chi connectivity index (χ2n) is 7.14. The maximum atomic E-state index is 9.76. The molecule has 6 aromatic heterocycles. The lowest BCUT2D eigenvalue weighted by molar-refractivity contribution is 0.473. The number of aromatic hydroxyl groups is 1. The van der Waals surface area contributed by atoms with Crippen LogP contribution in [0.4, 0.5) is 0 Å². The average molecular weight is 405 g/mol. The molecule has 0 spiro atoms. The molecule has 0 fully saturated rings. The Balaban J connectivity index is 1.51. The topological polar surface area (TPSA) is 116 Å². The highest BCUT2D eigenvalue weighted by Crippen LogP contribution is 2.33. The Morgan fingerprint density at radius 1 is 0.774 bits per heavy atom. The first kappa shape index (κ1) is 17.3. The van der Waals surface area contributed by atoms with E-state index in [2.05, 4.69) is 35.1 Å². The molecule has 0 bridgehead atoms. The van der Waals surface area contributed by atoms with Gasteiger partial charge in [0, 0.05) is 52.2 Å². The summed E-state index contributed by atoms with van der Waals surface area (Å²) in [6.07, 6.45) is 8.35. The molecule has 8 heteroatoms. The summed E-state index contributed by atoms with van der Waals surface area (Å²) in [5.74, 6) is 0.107. The highest BCUT2D eigenvalue weighted by atomic mass is 16.3.